The second-order valence-corrected chi connectivity index (χ2v) is 6.18. The Morgan fingerprint density at radius 1 is 1.18 bits per heavy atom. The van der Waals surface area contributed by atoms with Gasteiger partial charge in [-0.1, -0.05) is 32.4 Å². The SMILES string of the molecule is CCC(=O)O[C@H]1CCCC[C@@H]1c1ccc(OC(C)CC)cc1. The Labute approximate surface area is 134 Å². The van der Waals surface area contributed by atoms with E-state index in [4.69, 9.17) is 9.47 Å². The molecule has 3 heteroatoms. The number of carbonyl (C=O) groups is 1. The minimum Gasteiger partial charge on any atom is -0.491 e. The van der Waals surface area contributed by atoms with Gasteiger partial charge < -0.3 is 9.47 Å². The van der Waals surface area contributed by atoms with Crippen LogP contribution in [0.1, 0.15) is 70.8 Å². The molecule has 2 rings (SSSR count). The van der Waals surface area contributed by atoms with E-state index in [0.717, 1.165) is 31.4 Å². The van der Waals surface area contributed by atoms with Crippen LogP contribution in [0.3, 0.4) is 0 Å². The monoisotopic (exact) mass is 304 g/mol. The van der Waals surface area contributed by atoms with Crippen molar-refractivity contribution < 1.29 is 14.3 Å². The molecule has 0 aromatic heterocycles. The number of carbonyl (C=O) groups excluding carboxylic acids is 1. The Morgan fingerprint density at radius 3 is 2.50 bits per heavy atom. The summed E-state index contributed by atoms with van der Waals surface area (Å²) in [6.07, 6.45) is 6.13. The summed E-state index contributed by atoms with van der Waals surface area (Å²) >= 11 is 0. The Kier molecular flexibility index (Phi) is 6.29. The molecule has 0 radical (unpaired) electrons. The first-order chi connectivity index (χ1) is 10.6. The first-order valence-corrected chi connectivity index (χ1v) is 8.60. The highest BCUT2D eigenvalue weighted by molar-refractivity contribution is 5.69. The van der Waals surface area contributed by atoms with E-state index in [1.54, 1.807) is 0 Å². The number of ether oxygens (including phenoxy) is 2. The topological polar surface area (TPSA) is 35.5 Å². The molecular formula is C19H28O3. The number of esters is 1. The molecule has 3 nitrogen and oxygen atoms in total. The summed E-state index contributed by atoms with van der Waals surface area (Å²) in [5.41, 5.74) is 1.25. The maximum absolute atomic E-state index is 11.6. The largest absolute Gasteiger partial charge is 0.491 e. The standard InChI is InChI=1S/C19H28O3/c1-4-14(3)21-16-12-10-15(11-13-16)17-8-6-7-9-18(17)22-19(20)5-2/h10-14,17-18H,4-9H2,1-3H3/t14?,17-,18+/m1/s1. The number of hydrogen-bond donors (Lipinski definition) is 0. The highest BCUT2D eigenvalue weighted by Gasteiger charge is 2.29. The van der Waals surface area contributed by atoms with Crippen molar-refractivity contribution in [1.29, 1.82) is 0 Å². The molecule has 1 fully saturated rings. The van der Waals surface area contributed by atoms with E-state index >= 15 is 0 Å². The van der Waals surface area contributed by atoms with Gasteiger partial charge in [-0.25, -0.2) is 0 Å². The van der Waals surface area contributed by atoms with Gasteiger partial charge in [0.1, 0.15) is 11.9 Å². The van der Waals surface area contributed by atoms with Gasteiger partial charge in [-0.3, -0.25) is 4.79 Å². The lowest BCUT2D eigenvalue weighted by molar-refractivity contribution is -0.151. The quantitative estimate of drug-likeness (QED) is 0.705. The summed E-state index contributed by atoms with van der Waals surface area (Å²) in [7, 11) is 0. The first-order valence-electron chi connectivity index (χ1n) is 8.60. The molecule has 0 spiro atoms. The predicted molar refractivity (Wildman–Crippen MR) is 88.2 cm³/mol. The minimum atomic E-state index is -0.0892. The van der Waals surface area contributed by atoms with Gasteiger partial charge in [-0.15, -0.1) is 0 Å². The fourth-order valence-electron chi connectivity index (χ4n) is 2.98. The van der Waals surface area contributed by atoms with E-state index in [9.17, 15) is 4.79 Å². The fourth-order valence-corrected chi connectivity index (χ4v) is 2.98. The second-order valence-electron chi connectivity index (χ2n) is 6.18. The Morgan fingerprint density at radius 2 is 1.86 bits per heavy atom. The van der Waals surface area contributed by atoms with Crippen LogP contribution in [0, 0.1) is 0 Å². The molecule has 0 saturated heterocycles. The van der Waals surface area contributed by atoms with Gasteiger partial charge in [0.15, 0.2) is 0 Å². The van der Waals surface area contributed by atoms with Crippen molar-refractivity contribution in [3.63, 3.8) is 0 Å². The van der Waals surface area contributed by atoms with Crippen LogP contribution in [0.4, 0.5) is 0 Å². The van der Waals surface area contributed by atoms with Crippen molar-refractivity contribution in [2.75, 3.05) is 0 Å². The van der Waals surface area contributed by atoms with Gasteiger partial charge in [-0.05, 0) is 50.3 Å². The second kappa shape index (κ2) is 8.21. The van der Waals surface area contributed by atoms with Crippen LogP contribution in [0.5, 0.6) is 5.75 Å². The molecule has 0 aliphatic heterocycles. The molecule has 22 heavy (non-hydrogen) atoms. The van der Waals surface area contributed by atoms with Gasteiger partial charge in [0, 0.05) is 12.3 Å². The molecule has 0 N–H and O–H groups in total. The molecule has 1 aliphatic carbocycles. The predicted octanol–water partition coefficient (Wildman–Crippen LogP) is 4.84. The average molecular weight is 304 g/mol. The molecule has 0 heterocycles. The van der Waals surface area contributed by atoms with E-state index in [2.05, 4.69) is 26.0 Å². The maximum atomic E-state index is 11.6. The van der Waals surface area contributed by atoms with E-state index < -0.39 is 0 Å². The van der Waals surface area contributed by atoms with Crippen molar-refractivity contribution in [3.8, 4) is 5.75 Å². The fraction of sp³-hybridized carbons (Fsp3) is 0.632. The van der Waals surface area contributed by atoms with Crippen LogP contribution < -0.4 is 4.74 Å². The van der Waals surface area contributed by atoms with E-state index in [1.165, 1.54) is 12.0 Å². The highest BCUT2D eigenvalue weighted by Crippen LogP contribution is 2.36. The van der Waals surface area contributed by atoms with Crippen LogP contribution in [0.2, 0.25) is 0 Å². The highest BCUT2D eigenvalue weighted by atomic mass is 16.5. The Bertz CT molecular complexity index is 466. The van der Waals surface area contributed by atoms with Crippen LogP contribution in [0.25, 0.3) is 0 Å². The number of hydrogen-bond acceptors (Lipinski definition) is 3. The van der Waals surface area contributed by atoms with Gasteiger partial charge >= 0.3 is 5.97 Å². The van der Waals surface area contributed by atoms with E-state index in [-0.39, 0.29) is 18.2 Å². The molecular weight excluding hydrogens is 276 g/mol. The zero-order chi connectivity index (χ0) is 15.9. The summed E-state index contributed by atoms with van der Waals surface area (Å²) < 4.78 is 11.5. The normalized spacial score (nSPS) is 22.9. The van der Waals surface area contributed by atoms with Crippen molar-refractivity contribution >= 4 is 5.97 Å². The van der Waals surface area contributed by atoms with Crippen LogP contribution in [0.15, 0.2) is 24.3 Å². The van der Waals surface area contributed by atoms with Gasteiger partial charge in [0.25, 0.3) is 0 Å². The van der Waals surface area contributed by atoms with Crippen LogP contribution in [-0.4, -0.2) is 18.2 Å². The Hall–Kier alpha value is -1.51. The van der Waals surface area contributed by atoms with Gasteiger partial charge in [0.05, 0.1) is 6.10 Å². The minimum absolute atomic E-state index is 0.0301. The third-order valence-corrected chi connectivity index (χ3v) is 4.49. The molecule has 1 saturated carbocycles. The third-order valence-electron chi connectivity index (χ3n) is 4.49. The van der Waals surface area contributed by atoms with E-state index in [1.807, 2.05) is 19.1 Å². The number of benzene rings is 1. The van der Waals surface area contributed by atoms with E-state index in [0.29, 0.717) is 12.3 Å². The molecule has 1 aromatic rings. The van der Waals surface area contributed by atoms with Crippen molar-refractivity contribution in [2.45, 2.75) is 77.4 Å². The van der Waals surface area contributed by atoms with Crippen molar-refractivity contribution in [1.82, 2.24) is 0 Å². The Balaban J connectivity index is 2.05. The maximum Gasteiger partial charge on any atom is 0.305 e. The average Bonchev–Trinajstić information content (AvgIpc) is 2.56. The summed E-state index contributed by atoms with van der Waals surface area (Å²) in [6.45, 7) is 6.05. The summed E-state index contributed by atoms with van der Waals surface area (Å²) in [4.78, 5) is 11.6. The summed E-state index contributed by atoms with van der Waals surface area (Å²) in [5.74, 6) is 1.14. The van der Waals surface area contributed by atoms with Gasteiger partial charge in [-0.2, -0.15) is 0 Å². The zero-order valence-electron chi connectivity index (χ0n) is 14.0. The molecule has 0 amide bonds. The van der Waals surface area contributed by atoms with Crippen LogP contribution >= 0.6 is 0 Å². The third kappa shape index (κ3) is 4.49. The van der Waals surface area contributed by atoms with Crippen molar-refractivity contribution in [3.05, 3.63) is 29.8 Å². The number of rotatable bonds is 6. The molecule has 122 valence electrons. The molecule has 1 unspecified atom stereocenters. The molecule has 1 aliphatic rings. The van der Waals surface area contributed by atoms with Crippen molar-refractivity contribution in [2.24, 2.45) is 0 Å². The molecule has 3 atom stereocenters. The molecule has 0 bridgehead atoms. The lowest BCUT2D eigenvalue weighted by Crippen LogP contribution is -2.28. The smallest absolute Gasteiger partial charge is 0.305 e. The first kappa shape index (κ1) is 16.9. The summed E-state index contributed by atoms with van der Waals surface area (Å²) in [5, 5.41) is 0. The summed E-state index contributed by atoms with van der Waals surface area (Å²) in [6, 6.07) is 8.32. The lowest BCUT2D eigenvalue weighted by Gasteiger charge is -2.31. The van der Waals surface area contributed by atoms with Gasteiger partial charge in [0.2, 0.25) is 0 Å². The lowest BCUT2D eigenvalue weighted by atomic mass is 9.81. The van der Waals surface area contributed by atoms with Crippen LogP contribution in [-0.2, 0) is 9.53 Å². The molecule has 1 aromatic carbocycles. The zero-order valence-corrected chi connectivity index (χ0v) is 14.0.